The monoisotopic (exact) mass is 379 g/mol. The van der Waals surface area contributed by atoms with Crippen molar-refractivity contribution in [2.24, 2.45) is 0 Å². The lowest BCUT2D eigenvalue weighted by Gasteiger charge is -2.13. The highest BCUT2D eigenvalue weighted by Gasteiger charge is 2.24. The van der Waals surface area contributed by atoms with Crippen LogP contribution in [0.4, 0.5) is 5.69 Å². The second kappa shape index (κ2) is 7.67. The number of para-hydroxylation sites is 1. The first-order chi connectivity index (χ1) is 12.9. The number of hydrogen-bond donors (Lipinski definition) is 2. The van der Waals surface area contributed by atoms with Gasteiger partial charge in [0.1, 0.15) is 10.7 Å². The molecule has 0 fully saturated rings. The van der Waals surface area contributed by atoms with Crippen LogP contribution in [0.2, 0.25) is 0 Å². The van der Waals surface area contributed by atoms with E-state index in [4.69, 9.17) is 11.1 Å². The Morgan fingerprint density at radius 3 is 2.74 bits per heavy atom. The molecule has 3 N–H and O–H groups in total. The van der Waals surface area contributed by atoms with Gasteiger partial charge >= 0.3 is 0 Å². The van der Waals surface area contributed by atoms with Crippen molar-refractivity contribution in [2.45, 2.75) is 13.8 Å². The van der Waals surface area contributed by atoms with E-state index in [0.29, 0.717) is 33.4 Å². The Hall–Kier alpha value is -3.06. The fourth-order valence-electron chi connectivity index (χ4n) is 2.60. The van der Waals surface area contributed by atoms with Gasteiger partial charge in [-0.1, -0.05) is 24.3 Å². The molecule has 0 saturated heterocycles. The predicted molar refractivity (Wildman–Crippen MR) is 110 cm³/mol. The van der Waals surface area contributed by atoms with E-state index in [1.54, 1.807) is 30.4 Å². The van der Waals surface area contributed by atoms with E-state index in [9.17, 15) is 4.79 Å². The summed E-state index contributed by atoms with van der Waals surface area (Å²) in [4.78, 5) is 23.8. The second-order valence-corrected chi connectivity index (χ2v) is 7.17. The summed E-state index contributed by atoms with van der Waals surface area (Å²) in [7, 11) is 1.73. The van der Waals surface area contributed by atoms with E-state index in [2.05, 4.69) is 9.97 Å². The molecule has 7 heteroatoms. The number of anilines is 1. The summed E-state index contributed by atoms with van der Waals surface area (Å²) in [6, 6.07) is 9.27. The van der Waals surface area contributed by atoms with Crippen molar-refractivity contribution < 1.29 is 4.79 Å². The molecular formula is C20H21N5OS. The van der Waals surface area contributed by atoms with Gasteiger partial charge in [-0.05, 0) is 25.5 Å². The molecule has 0 unspecified atom stereocenters. The van der Waals surface area contributed by atoms with Crippen molar-refractivity contribution in [2.75, 3.05) is 19.3 Å². The number of rotatable bonds is 5. The highest BCUT2D eigenvalue weighted by atomic mass is 32.1. The summed E-state index contributed by atoms with van der Waals surface area (Å²) in [5, 5.41) is 9.06. The molecule has 6 nitrogen and oxygen atoms in total. The number of aromatic nitrogens is 2. The van der Waals surface area contributed by atoms with Crippen LogP contribution >= 0.6 is 11.3 Å². The van der Waals surface area contributed by atoms with E-state index in [1.165, 1.54) is 11.3 Å². The van der Waals surface area contributed by atoms with Crippen LogP contribution in [-0.4, -0.2) is 40.1 Å². The molecule has 1 amide bonds. The molecule has 0 saturated carbocycles. The fraction of sp³-hybridized carbons (Fsp3) is 0.200. The maximum Gasteiger partial charge on any atom is 0.273 e. The van der Waals surface area contributed by atoms with Crippen molar-refractivity contribution in [3.63, 3.8) is 0 Å². The van der Waals surface area contributed by atoms with Gasteiger partial charge in [0.05, 0.1) is 10.6 Å². The zero-order valence-electron chi connectivity index (χ0n) is 15.5. The lowest BCUT2D eigenvalue weighted by Crippen LogP contribution is -2.27. The van der Waals surface area contributed by atoms with Crippen LogP contribution in [0, 0.1) is 12.3 Å². The van der Waals surface area contributed by atoms with Gasteiger partial charge in [-0.15, -0.1) is 11.3 Å². The SMILES string of the molecule is CCN(C)C(=O)c1nc(C(=N)c2cccc(C)c2N)sc1-c1cccnc1. The molecule has 0 aliphatic rings. The van der Waals surface area contributed by atoms with Gasteiger partial charge in [0.2, 0.25) is 0 Å². The number of nitrogens with two attached hydrogens (primary N) is 1. The number of aryl methyl sites for hydroxylation is 1. The third kappa shape index (κ3) is 3.59. The van der Waals surface area contributed by atoms with Crippen molar-refractivity contribution in [1.82, 2.24) is 14.9 Å². The lowest BCUT2D eigenvalue weighted by molar-refractivity contribution is 0.0798. The standard InChI is InChI=1S/C20H21N5OS/c1-4-25(3)20(26)17-18(13-8-6-10-23-11-13)27-19(24-17)16(22)14-9-5-7-12(2)15(14)21/h5-11,22H,4,21H2,1-3H3. The molecule has 138 valence electrons. The predicted octanol–water partition coefficient (Wildman–Crippen LogP) is 3.60. The van der Waals surface area contributed by atoms with Crippen LogP contribution in [0.3, 0.4) is 0 Å². The molecule has 3 aromatic rings. The Kier molecular flexibility index (Phi) is 5.32. The second-order valence-electron chi connectivity index (χ2n) is 6.17. The topological polar surface area (TPSA) is 96.0 Å². The highest BCUT2D eigenvalue weighted by molar-refractivity contribution is 7.17. The third-order valence-electron chi connectivity index (χ3n) is 4.38. The van der Waals surface area contributed by atoms with Gasteiger partial charge in [0, 0.05) is 42.8 Å². The number of carbonyl (C=O) groups is 1. The van der Waals surface area contributed by atoms with Crippen molar-refractivity contribution >= 4 is 28.6 Å². The molecule has 0 radical (unpaired) electrons. The molecule has 2 heterocycles. The summed E-state index contributed by atoms with van der Waals surface area (Å²) in [6.45, 7) is 4.38. The third-order valence-corrected chi connectivity index (χ3v) is 5.50. The number of thiazole rings is 1. The van der Waals surface area contributed by atoms with E-state index in [-0.39, 0.29) is 11.6 Å². The smallest absolute Gasteiger partial charge is 0.273 e. The minimum Gasteiger partial charge on any atom is -0.398 e. The number of nitrogen functional groups attached to an aromatic ring is 1. The van der Waals surface area contributed by atoms with Crippen molar-refractivity contribution in [1.29, 1.82) is 5.41 Å². The van der Waals surface area contributed by atoms with Gasteiger partial charge in [-0.25, -0.2) is 4.98 Å². The van der Waals surface area contributed by atoms with E-state index in [1.807, 2.05) is 38.1 Å². The van der Waals surface area contributed by atoms with Crippen LogP contribution in [-0.2, 0) is 0 Å². The summed E-state index contributed by atoms with van der Waals surface area (Å²) in [6.07, 6.45) is 3.38. The van der Waals surface area contributed by atoms with Crippen molar-refractivity contribution in [3.05, 3.63) is 64.6 Å². The molecule has 0 bridgehead atoms. The van der Waals surface area contributed by atoms with Crippen LogP contribution in [0.25, 0.3) is 10.4 Å². The minimum atomic E-state index is -0.177. The molecule has 1 aromatic carbocycles. The molecule has 3 rings (SSSR count). The van der Waals surface area contributed by atoms with E-state index >= 15 is 0 Å². The Morgan fingerprint density at radius 2 is 2.07 bits per heavy atom. The van der Waals surface area contributed by atoms with Gasteiger partial charge in [0.25, 0.3) is 5.91 Å². The Morgan fingerprint density at radius 1 is 1.30 bits per heavy atom. The number of pyridine rings is 1. The van der Waals surface area contributed by atoms with Crippen LogP contribution in [0.15, 0.2) is 42.7 Å². The molecule has 0 spiro atoms. The largest absolute Gasteiger partial charge is 0.398 e. The van der Waals surface area contributed by atoms with Crippen molar-refractivity contribution in [3.8, 4) is 10.4 Å². The number of benzene rings is 1. The maximum atomic E-state index is 12.8. The Balaban J connectivity index is 2.12. The molecule has 0 aliphatic carbocycles. The molecule has 0 atom stereocenters. The first kappa shape index (κ1) is 18.7. The quantitative estimate of drug-likeness (QED) is 0.523. The number of hydrogen-bond acceptors (Lipinski definition) is 6. The number of carbonyl (C=O) groups excluding carboxylic acids is 1. The summed E-state index contributed by atoms with van der Waals surface area (Å²) < 4.78 is 0. The van der Waals surface area contributed by atoms with Crippen LogP contribution in [0.1, 0.15) is 33.5 Å². The molecule has 27 heavy (non-hydrogen) atoms. The highest BCUT2D eigenvalue weighted by Crippen LogP contribution is 2.32. The molecule has 0 aliphatic heterocycles. The Bertz CT molecular complexity index is 997. The number of nitrogens with zero attached hydrogens (tertiary/aromatic N) is 3. The van der Waals surface area contributed by atoms with E-state index in [0.717, 1.165) is 11.1 Å². The normalized spacial score (nSPS) is 10.6. The van der Waals surface area contributed by atoms with Gasteiger partial charge in [0.15, 0.2) is 0 Å². The van der Waals surface area contributed by atoms with E-state index < -0.39 is 0 Å². The lowest BCUT2D eigenvalue weighted by atomic mass is 10.0. The molecular weight excluding hydrogens is 358 g/mol. The zero-order chi connectivity index (χ0) is 19.6. The van der Waals surface area contributed by atoms with Crippen LogP contribution < -0.4 is 5.73 Å². The average molecular weight is 379 g/mol. The number of nitrogens with one attached hydrogen (secondary N) is 1. The van der Waals surface area contributed by atoms with Gasteiger partial charge in [-0.3, -0.25) is 15.2 Å². The fourth-order valence-corrected chi connectivity index (χ4v) is 3.61. The summed E-state index contributed by atoms with van der Waals surface area (Å²) in [5.74, 6) is -0.177. The maximum absolute atomic E-state index is 12.8. The summed E-state index contributed by atoms with van der Waals surface area (Å²) >= 11 is 1.31. The van der Waals surface area contributed by atoms with Crippen LogP contribution in [0.5, 0.6) is 0 Å². The van der Waals surface area contributed by atoms with Gasteiger partial charge < -0.3 is 10.6 Å². The molecule has 2 aromatic heterocycles. The average Bonchev–Trinajstić information content (AvgIpc) is 3.14. The first-order valence-corrected chi connectivity index (χ1v) is 9.36. The first-order valence-electron chi connectivity index (χ1n) is 8.55. The number of amides is 1. The summed E-state index contributed by atoms with van der Waals surface area (Å²) in [5.41, 5.74) is 9.59. The zero-order valence-corrected chi connectivity index (χ0v) is 16.3. The minimum absolute atomic E-state index is 0.177. The van der Waals surface area contributed by atoms with Gasteiger partial charge in [-0.2, -0.15) is 0 Å². The Labute approximate surface area is 162 Å².